The smallest absolute Gasteiger partial charge is 0.0838 e. The van der Waals surface area contributed by atoms with E-state index in [9.17, 15) is 5.26 Å². The minimum Gasteiger partial charge on any atom is -0.256 e. The number of hydrogen-bond donors (Lipinski definition) is 0. The summed E-state index contributed by atoms with van der Waals surface area (Å²) in [5.41, 5.74) is 5.43. The lowest BCUT2D eigenvalue weighted by atomic mass is 9.98. The van der Waals surface area contributed by atoms with Gasteiger partial charge in [0.2, 0.25) is 0 Å². The molecule has 19 heavy (non-hydrogen) atoms. The van der Waals surface area contributed by atoms with Crippen LogP contribution in [0.15, 0.2) is 36.5 Å². The lowest BCUT2D eigenvalue weighted by Crippen LogP contribution is -2.03. The van der Waals surface area contributed by atoms with Crippen molar-refractivity contribution in [3.63, 3.8) is 0 Å². The lowest BCUT2D eigenvalue weighted by Gasteiger charge is -2.08. The second kappa shape index (κ2) is 4.20. The molecule has 94 valence electrons. The van der Waals surface area contributed by atoms with E-state index >= 15 is 0 Å². The molecule has 1 aromatic carbocycles. The van der Waals surface area contributed by atoms with Gasteiger partial charge in [-0.1, -0.05) is 23.3 Å². The molecular weight excluding hydrogens is 232 g/mol. The van der Waals surface area contributed by atoms with Crippen LogP contribution >= 0.6 is 0 Å². The Morgan fingerprint density at radius 1 is 1.11 bits per heavy atom. The average Bonchev–Trinajstić information content (AvgIpc) is 3.19. The molecule has 0 atom stereocenters. The Labute approximate surface area is 113 Å². The zero-order valence-electron chi connectivity index (χ0n) is 11.3. The van der Waals surface area contributed by atoms with Crippen LogP contribution in [-0.4, -0.2) is 4.98 Å². The summed E-state index contributed by atoms with van der Waals surface area (Å²) < 4.78 is 0. The van der Waals surface area contributed by atoms with Crippen LogP contribution in [0.2, 0.25) is 0 Å². The summed E-state index contributed by atoms with van der Waals surface area (Å²) >= 11 is 0. The van der Waals surface area contributed by atoms with Gasteiger partial charge >= 0.3 is 0 Å². The van der Waals surface area contributed by atoms with Gasteiger partial charge < -0.3 is 0 Å². The zero-order valence-corrected chi connectivity index (χ0v) is 11.3. The summed E-state index contributed by atoms with van der Waals surface area (Å²) in [6.45, 7) is 4.19. The molecule has 0 amide bonds. The van der Waals surface area contributed by atoms with E-state index in [-0.39, 0.29) is 5.41 Å². The number of rotatable bonds is 2. The molecule has 0 radical (unpaired) electrons. The van der Waals surface area contributed by atoms with Crippen LogP contribution in [0.25, 0.3) is 11.3 Å². The second-order valence-corrected chi connectivity index (χ2v) is 5.50. The topological polar surface area (TPSA) is 36.7 Å². The first-order valence-corrected chi connectivity index (χ1v) is 6.59. The third-order valence-corrected chi connectivity index (χ3v) is 3.80. The molecule has 2 nitrogen and oxygen atoms in total. The summed E-state index contributed by atoms with van der Waals surface area (Å²) in [5, 5.41) is 9.19. The van der Waals surface area contributed by atoms with E-state index in [4.69, 9.17) is 0 Å². The van der Waals surface area contributed by atoms with Crippen molar-refractivity contribution in [1.82, 2.24) is 4.98 Å². The van der Waals surface area contributed by atoms with Crippen LogP contribution in [0.5, 0.6) is 0 Å². The minimum absolute atomic E-state index is 0.242. The molecule has 1 saturated carbocycles. The molecule has 0 N–H and O–H groups in total. The molecule has 1 fully saturated rings. The molecular formula is C17H16N2. The molecule has 2 heteroatoms. The summed E-state index contributed by atoms with van der Waals surface area (Å²) in [4.78, 5) is 4.53. The van der Waals surface area contributed by atoms with Crippen molar-refractivity contribution >= 4 is 0 Å². The highest BCUT2D eigenvalue weighted by atomic mass is 14.7. The average molecular weight is 248 g/mol. The summed E-state index contributed by atoms with van der Waals surface area (Å²) in [6, 6.07) is 12.9. The Kier molecular flexibility index (Phi) is 2.64. The fourth-order valence-corrected chi connectivity index (χ4v) is 2.56. The van der Waals surface area contributed by atoms with E-state index in [1.807, 2.05) is 12.3 Å². The fourth-order valence-electron chi connectivity index (χ4n) is 2.56. The molecule has 3 rings (SSSR count). The second-order valence-electron chi connectivity index (χ2n) is 5.50. The van der Waals surface area contributed by atoms with Gasteiger partial charge in [0.05, 0.1) is 17.2 Å². The quantitative estimate of drug-likeness (QED) is 0.807. The first-order chi connectivity index (χ1) is 9.13. The summed E-state index contributed by atoms with van der Waals surface area (Å²) in [7, 11) is 0. The van der Waals surface area contributed by atoms with Gasteiger partial charge in [0.25, 0.3) is 0 Å². The first kappa shape index (κ1) is 11.9. The Hall–Kier alpha value is -2.14. The van der Waals surface area contributed by atoms with Crippen LogP contribution in [0, 0.1) is 25.2 Å². The third-order valence-electron chi connectivity index (χ3n) is 3.80. The molecule has 1 aromatic heterocycles. The SMILES string of the molecule is Cc1cc(C)cc(-c2ccc(C3(C#N)CC3)cn2)c1. The Morgan fingerprint density at radius 3 is 2.26 bits per heavy atom. The molecule has 1 aliphatic carbocycles. The van der Waals surface area contributed by atoms with Gasteiger partial charge in [-0.2, -0.15) is 5.26 Å². The van der Waals surface area contributed by atoms with Gasteiger partial charge in [-0.3, -0.25) is 4.98 Å². The van der Waals surface area contributed by atoms with Crippen molar-refractivity contribution in [2.75, 3.05) is 0 Å². The molecule has 2 aromatic rings. The van der Waals surface area contributed by atoms with Crippen molar-refractivity contribution in [3.8, 4) is 17.3 Å². The van der Waals surface area contributed by atoms with Crippen LogP contribution in [0.1, 0.15) is 29.5 Å². The Bertz CT molecular complexity index is 638. The molecule has 1 aliphatic rings. The van der Waals surface area contributed by atoms with E-state index in [1.54, 1.807) is 0 Å². The number of aryl methyl sites for hydroxylation is 2. The van der Waals surface area contributed by atoms with Gasteiger partial charge in [-0.25, -0.2) is 0 Å². The lowest BCUT2D eigenvalue weighted by molar-refractivity contribution is 0.898. The number of nitrogens with zero attached hydrogens (tertiary/aromatic N) is 2. The number of hydrogen-bond acceptors (Lipinski definition) is 2. The van der Waals surface area contributed by atoms with Gasteiger partial charge in [-0.05, 0) is 50.5 Å². The van der Waals surface area contributed by atoms with Crippen LogP contribution < -0.4 is 0 Å². The zero-order chi connectivity index (χ0) is 13.5. The predicted octanol–water partition coefficient (Wildman–Crippen LogP) is 3.92. The number of pyridine rings is 1. The predicted molar refractivity (Wildman–Crippen MR) is 75.7 cm³/mol. The highest BCUT2D eigenvalue weighted by molar-refractivity contribution is 5.61. The van der Waals surface area contributed by atoms with E-state index in [0.29, 0.717) is 0 Å². The molecule has 0 unspecified atom stereocenters. The van der Waals surface area contributed by atoms with Crippen molar-refractivity contribution in [1.29, 1.82) is 5.26 Å². The van der Waals surface area contributed by atoms with E-state index in [2.05, 4.69) is 49.2 Å². The monoisotopic (exact) mass is 248 g/mol. The maximum absolute atomic E-state index is 9.19. The number of benzene rings is 1. The minimum atomic E-state index is -0.242. The van der Waals surface area contributed by atoms with Crippen LogP contribution in [-0.2, 0) is 5.41 Å². The van der Waals surface area contributed by atoms with Gasteiger partial charge in [0, 0.05) is 11.8 Å². The highest BCUT2D eigenvalue weighted by Gasteiger charge is 2.45. The van der Waals surface area contributed by atoms with E-state index in [0.717, 1.165) is 29.7 Å². The van der Waals surface area contributed by atoms with Gasteiger partial charge in [-0.15, -0.1) is 0 Å². The standard InChI is InChI=1S/C17H16N2/c1-12-7-13(2)9-14(8-12)16-4-3-15(10-19-16)17(11-18)5-6-17/h3-4,7-10H,5-6H2,1-2H3. The third kappa shape index (κ3) is 2.13. The summed E-state index contributed by atoms with van der Waals surface area (Å²) in [6.07, 6.45) is 3.80. The van der Waals surface area contributed by atoms with Crippen molar-refractivity contribution < 1.29 is 0 Å². The van der Waals surface area contributed by atoms with Crippen molar-refractivity contribution in [2.24, 2.45) is 0 Å². The fraction of sp³-hybridized carbons (Fsp3) is 0.294. The molecule has 1 heterocycles. The molecule has 0 bridgehead atoms. The van der Waals surface area contributed by atoms with Gasteiger partial charge in [0.1, 0.15) is 0 Å². The summed E-state index contributed by atoms with van der Waals surface area (Å²) in [5.74, 6) is 0. The van der Waals surface area contributed by atoms with Crippen LogP contribution in [0.3, 0.4) is 0 Å². The maximum atomic E-state index is 9.19. The van der Waals surface area contributed by atoms with E-state index in [1.165, 1.54) is 11.1 Å². The molecule has 0 spiro atoms. The largest absolute Gasteiger partial charge is 0.256 e. The molecule has 0 aliphatic heterocycles. The van der Waals surface area contributed by atoms with Crippen molar-refractivity contribution in [3.05, 3.63) is 53.2 Å². The Morgan fingerprint density at radius 2 is 1.79 bits per heavy atom. The van der Waals surface area contributed by atoms with Gasteiger partial charge in [0.15, 0.2) is 0 Å². The highest BCUT2D eigenvalue weighted by Crippen LogP contribution is 2.47. The molecule has 0 saturated heterocycles. The number of aromatic nitrogens is 1. The first-order valence-electron chi connectivity index (χ1n) is 6.59. The normalized spacial score (nSPS) is 15.8. The van der Waals surface area contributed by atoms with E-state index < -0.39 is 0 Å². The van der Waals surface area contributed by atoms with Crippen LogP contribution in [0.4, 0.5) is 0 Å². The van der Waals surface area contributed by atoms with Crippen molar-refractivity contribution in [2.45, 2.75) is 32.1 Å². The number of nitriles is 1. The Balaban J connectivity index is 1.97. The maximum Gasteiger partial charge on any atom is 0.0838 e.